The Balaban J connectivity index is 1.97. The summed E-state index contributed by atoms with van der Waals surface area (Å²) in [5, 5.41) is 3.25. The van der Waals surface area contributed by atoms with Gasteiger partial charge < -0.3 is 19.7 Å². The first-order valence-corrected chi connectivity index (χ1v) is 8.01. The van der Waals surface area contributed by atoms with Crippen molar-refractivity contribution in [3.8, 4) is 11.5 Å². The summed E-state index contributed by atoms with van der Waals surface area (Å²) in [6, 6.07) is 15.2. The van der Waals surface area contributed by atoms with Crippen LogP contribution in [0.1, 0.15) is 13.3 Å². The Bertz CT molecular complexity index is 659. The largest absolute Gasteiger partial charge is 0.497 e. The van der Waals surface area contributed by atoms with Crippen LogP contribution in [-0.4, -0.2) is 33.2 Å². The lowest BCUT2D eigenvalue weighted by Crippen LogP contribution is -2.31. The third kappa shape index (κ3) is 4.41. The molecule has 0 fully saturated rings. The predicted molar refractivity (Wildman–Crippen MR) is 97.1 cm³/mol. The van der Waals surface area contributed by atoms with Gasteiger partial charge in [-0.15, -0.1) is 0 Å². The summed E-state index contributed by atoms with van der Waals surface area (Å²) in [6.07, 6.45) is 0.392. The Morgan fingerprint density at radius 2 is 1.83 bits per heavy atom. The van der Waals surface area contributed by atoms with E-state index in [0.29, 0.717) is 19.5 Å². The highest BCUT2D eigenvalue weighted by Crippen LogP contribution is 2.28. The van der Waals surface area contributed by atoms with Crippen LogP contribution in [0.15, 0.2) is 48.5 Å². The highest BCUT2D eigenvalue weighted by molar-refractivity contribution is 5.93. The maximum Gasteiger partial charge on any atom is 0.228 e. The number of benzene rings is 2. The van der Waals surface area contributed by atoms with Crippen LogP contribution in [0.25, 0.3) is 0 Å². The predicted octanol–water partition coefficient (Wildman–Crippen LogP) is 3.56. The molecular formula is C19H24N2O3. The number of para-hydroxylation sites is 1. The van der Waals surface area contributed by atoms with Gasteiger partial charge in [0.05, 0.1) is 19.9 Å². The highest BCUT2D eigenvalue weighted by Gasteiger charge is 2.13. The maximum absolute atomic E-state index is 12.5. The van der Waals surface area contributed by atoms with E-state index in [4.69, 9.17) is 9.47 Å². The molecule has 0 aliphatic rings. The van der Waals surface area contributed by atoms with Crippen molar-refractivity contribution < 1.29 is 14.3 Å². The molecule has 0 aromatic heterocycles. The zero-order valence-electron chi connectivity index (χ0n) is 14.4. The second-order valence-corrected chi connectivity index (χ2v) is 5.22. The minimum Gasteiger partial charge on any atom is -0.497 e. The molecule has 5 heteroatoms. The summed E-state index contributed by atoms with van der Waals surface area (Å²) >= 11 is 0. The van der Waals surface area contributed by atoms with E-state index in [9.17, 15) is 4.79 Å². The number of amides is 1. The van der Waals surface area contributed by atoms with E-state index in [1.54, 1.807) is 19.1 Å². The van der Waals surface area contributed by atoms with Crippen LogP contribution in [-0.2, 0) is 4.79 Å². The Morgan fingerprint density at radius 3 is 2.46 bits per heavy atom. The van der Waals surface area contributed by atoms with Crippen molar-refractivity contribution in [3.63, 3.8) is 0 Å². The molecule has 5 nitrogen and oxygen atoms in total. The molecule has 0 saturated heterocycles. The van der Waals surface area contributed by atoms with Crippen molar-refractivity contribution in [2.24, 2.45) is 0 Å². The number of nitrogens with zero attached hydrogens (tertiary/aromatic N) is 1. The summed E-state index contributed by atoms with van der Waals surface area (Å²) in [5.41, 5.74) is 1.73. The number of hydrogen-bond acceptors (Lipinski definition) is 4. The molecule has 0 atom stereocenters. The smallest absolute Gasteiger partial charge is 0.228 e. The number of carbonyl (C=O) groups excluding carboxylic acids is 1. The van der Waals surface area contributed by atoms with Gasteiger partial charge in [-0.05, 0) is 31.2 Å². The minimum absolute atomic E-state index is 0.0815. The Kier molecular flexibility index (Phi) is 6.49. The van der Waals surface area contributed by atoms with Gasteiger partial charge in [0.25, 0.3) is 0 Å². The van der Waals surface area contributed by atoms with Gasteiger partial charge in [0.15, 0.2) is 0 Å². The van der Waals surface area contributed by atoms with Gasteiger partial charge >= 0.3 is 0 Å². The molecule has 0 unspecified atom stereocenters. The summed E-state index contributed by atoms with van der Waals surface area (Å²) in [7, 11) is 3.24. The monoisotopic (exact) mass is 328 g/mol. The van der Waals surface area contributed by atoms with Crippen molar-refractivity contribution in [1.82, 2.24) is 0 Å². The number of carbonyl (C=O) groups is 1. The van der Waals surface area contributed by atoms with Gasteiger partial charge in [-0.25, -0.2) is 0 Å². The second-order valence-electron chi connectivity index (χ2n) is 5.22. The second kappa shape index (κ2) is 8.82. The SMILES string of the molecule is CCN(C(=O)CCNc1cc(OC)ccc1OC)c1ccccc1. The number of nitrogens with one attached hydrogen (secondary N) is 1. The first-order valence-electron chi connectivity index (χ1n) is 8.01. The van der Waals surface area contributed by atoms with Gasteiger partial charge in [-0.3, -0.25) is 4.79 Å². The van der Waals surface area contributed by atoms with Crippen molar-refractivity contribution >= 4 is 17.3 Å². The minimum atomic E-state index is 0.0815. The average molecular weight is 328 g/mol. The first-order chi connectivity index (χ1) is 11.7. The Hall–Kier alpha value is -2.69. The van der Waals surface area contributed by atoms with Crippen LogP contribution >= 0.6 is 0 Å². The van der Waals surface area contributed by atoms with Crippen LogP contribution in [0, 0.1) is 0 Å². The third-order valence-electron chi connectivity index (χ3n) is 3.75. The summed E-state index contributed by atoms with van der Waals surface area (Å²) in [6.45, 7) is 3.14. The van der Waals surface area contributed by atoms with Crippen LogP contribution in [0.4, 0.5) is 11.4 Å². The van der Waals surface area contributed by atoms with Gasteiger partial charge in [0.2, 0.25) is 5.91 Å². The van der Waals surface area contributed by atoms with Crippen LogP contribution < -0.4 is 19.7 Å². The van der Waals surface area contributed by atoms with E-state index in [2.05, 4.69) is 5.32 Å². The maximum atomic E-state index is 12.5. The molecule has 0 aliphatic carbocycles. The van der Waals surface area contributed by atoms with Crippen LogP contribution in [0.5, 0.6) is 11.5 Å². The number of anilines is 2. The molecule has 2 aromatic carbocycles. The Labute approximate surface area is 143 Å². The van der Waals surface area contributed by atoms with Crippen molar-refractivity contribution in [3.05, 3.63) is 48.5 Å². The fourth-order valence-electron chi connectivity index (χ4n) is 2.50. The summed E-state index contributed by atoms with van der Waals surface area (Å²) in [4.78, 5) is 14.3. The summed E-state index contributed by atoms with van der Waals surface area (Å²) in [5.74, 6) is 1.54. The molecule has 0 radical (unpaired) electrons. The molecule has 0 heterocycles. The molecule has 1 amide bonds. The number of hydrogen-bond donors (Lipinski definition) is 1. The van der Waals surface area contributed by atoms with E-state index in [-0.39, 0.29) is 5.91 Å². The van der Waals surface area contributed by atoms with E-state index in [1.807, 2.05) is 55.5 Å². The average Bonchev–Trinajstić information content (AvgIpc) is 2.63. The molecule has 1 N–H and O–H groups in total. The van der Waals surface area contributed by atoms with Crippen LogP contribution in [0.3, 0.4) is 0 Å². The molecule has 0 aliphatic heterocycles. The molecule has 2 aromatic rings. The molecule has 0 spiro atoms. The van der Waals surface area contributed by atoms with Crippen molar-refractivity contribution in [1.29, 1.82) is 0 Å². The fraction of sp³-hybridized carbons (Fsp3) is 0.316. The lowest BCUT2D eigenvalue weighted by molar-refractivity contribution is -0.118. The van der Waals surface area contributed by atoms with Gasteiger partial charge in [0.1, 0.15) is 11.5 Å². The molecule has 128 valence electrons. The van der Waals surface area contributed by atoms with E-state index in [1.165, 1.54) is 0 Å². The number of ether oxygens (including phenoxy) is 2. The third-order valence-corrected chi connectivity index (χ3v) is 3.75. The number of methoxy groups -OCH3 is 2. The van der Waals surface area contributed by atoms with Crippen molar-refractivity contribution in [2.45, 2.75) is 13.3 Å². The lowest BCUT2D eigenvalue weighted by Gasteiger charge is -2.21. The quantitative estimate of drug-likeness (QED) is 0.805. The van der Waals surface area contributed by atoms with E-state index in [0.717, 1.165) is 22.9 Å². The molecular weight excluding hydrogens is 304 g/mol. The molecule has 24 heavy (non-hydrogen) atoms. The zero-order valence-corrected chi connectivity index (χ0v) is 14.4. The lowest BCUT2D eigenvalue weighted by atomic mass is 10.2. The topological polar surface area (TPSA) is 50.8 Å². The zero-order chi connectivity index (χ0) is 17.4. The van der Waals surface area contributed by atoms with Gasteiger partial charge in [0, 0.05) is 31.3 Å². The molecule has 2 rings (SSSR count). The molecule has 0 saturated carbocycles. The first kappa shape index (κ1) is 17.7. The van der Waals surface area contributed by atoms with E-state index >= 15 is 0 Å². The van der Waals surface area contributed by atoms with Gasteiger partial charge in [-0.1, -0.05) is 18.2 Å². The Morgan fingerprint density at radius 1 is 1.08 bits per heavy atom. The van der Waals surface area contributed by atoms with Crippen LogP contribution in [0.2, 0.25) is 0 Å². The molecule has 0 bridgehead atoms. The standard InChI is InChI=1S/C19H24N2O3/c1-4-21(15-8-6-5-7-9-15)19(22)12-13-20-17-14-16(23-2)10-11-18(17)24-3/h5-11,14,20H,4,12-13H2,1-3H3. The van der Waals surface area contributed by atoms with Gasteiger partial charge in [-0.2, -0.15) is 0 Å². The normalized spacial score (nSPS) is 10.1. The number of rotatable bonds is 8. The van der Waals surface area contributed by atoms with E-state index < -0.39 is 0 Å². The highest BCUT2D eigenvalue weighted by atomic mass is 16.5. The van der Waals surface area contributed by atoms with Crippen molar-refractivity contribution in [2.75, 3.05) is 37.5 Å². The fourth-order valence-corrected chi connectivity index (χ4v) is 2.50. The summed E-state index contributed by atoms with van der Waals surface area (Å²) < 4.78 is 10.6.